The zero-order chi connectivity index (χ0) is 21.3. The van der Waals surface area contributed by atoms with Gasteiger partial charge in [-0.1, -0.05) is 12.1 Å². The van der Waals surface area contributed by atoms with E-state index in [2.05, 4.69) is 25.7 Å². The van der Waals surface area contributed by atoms with Crippen LogP contribution in [0.2, 0.25) is 0 Å². The van der Waals surface area contributed by atoms with Crippen molar-refractivity contribution < 1.29 is 14.4 Å². The first-order chi connectivity index (χ1) is 14.5. The Hall–Kier alpha value is -3.33. The van der Waals surface area contributed by atoms with Crippen molar-refractivity contribution in [3.63, 3.8) is 0 Å². The quantitative estimate of drug-likeness (QED) is 0.560. The number of carbonyl (C=O) groups is 3. The fourth-order valence-corrected chi connectivity index (χ4v) is 4.55. The number of benzene rings is 2. The highest BCUT2D eigenvalue weighted by atomic mass is 32.2. The van der Waals surface area contributed by atoms with E-state index in [4.69, 9.17) is 0 Å². The van der Waals surface area contributed by atoms with Crippen LogP contribution in [0.4, 0.5) is 5.69 Å². The maximum Gasteiger partial charge on any atom is 0.269 e. The summed E-state index contributed by atoms with van der Waals surface area (Å²) in [4.78, 5) is 42.3. The summed E-state index contributed by atoms with van der Waals surface area (Å²) in [7, 11) is 0. The fraction of sp³-hybridized carbons (Fsp3) is 0.238. The van der Waals surface area contributed by atoms with Crippen molar-refractivity contribution in [1.82, 2.24) is 20.4 Å². The smallest absolute Gasteiger partial charge is 0.269 e. The number of hydrogen-bond acceptors (Lipinski definition) is 5. The minimum atomic E-state index is -0.561. The summed E-state index contributed by atoms with van der Waals surface area (Å²) < 4.78 is 2.06. The zero-order valence-corrected chi connectivity index (χ0v) is 17.4. The largest absolute Gasteiger partial charge is 0.329 e. The lowest BCUT2D eigenvalue weighted by Crippen LogP contribution is -2.44. The molecule has 9 heteroatoms. The van der Waals surface area contributed by atoms with Crippen LogP contribution < -0.4 is 16.2 Å². The second kappa shape index (κ2) is 8.19. The summed E-state index contributed by atoms with van der Waals surface area (Å²) in [5.74, 6) is -0.238. The van der Waals surface area contributed by atoms with Gasteiger partial charge in [0.1, 0.15) is 5.82 Å². The van der Waals surface area contributed by atoms with E-state index in [0.717, 1.165) is 34.0 Å². The molecule has 1 aliphatic heterocycles. The maximum atomic E-state index is 12.4. The van der Waals surface area contributed by atoms with Crippen molar-refractivity contribution in [1.29, 1.82) is 0 Å². The first-order valence-corrected chi connectivity index (χ1v) is 10.5. The second-order valence-corrected chi connectivity index (χ2v) is 8.15. The summed E-state index contributed by atoms with van der Waals surface area (Å²) in [6.07, 6.45) is -0.0513. The Morgan fingerprint density at radius 2 is 2.00 bits per heavy atom. The lowest BCUT2D eigenvalue weighted by molar-refractivity contribution is -0.124. The third kappa shape index (κ3) is 3.88. The van der Waals surface area contributed by atoms with Crippen molar-refractivity contribution in [2.24, 2.45) is 0 Å². The average molecular weight is 423 g/mol. The Morgan fingerprint density at radius 3 is 2.80 bits per heavy atom. The van der Waals surface area contributed by atoms with Crippen molar-refractivity contribution >= 4 is 46.2 Å². The fourth-order valence-electron chi connectivity index (χ4n) is 3.44. The molecule has 3 N–H and O–H groups in total. The Labute approximate surface area is 177 Å². The first kappa shape index (κ1) is 20.0. The van der Waals surface area contributed by atoms with Gasteiger partial charge in [-0.05, 0) is 44.2 Å². The molecule has 2 heterocycles. The molecule has 0 fully saturated rings. The van der Waals surface area contributed by atoms with E-state index >= 15 is 0 Å². The normalized spacial score (nSPS) is 15.4. The van der Waals surface area contributed by atoms with Gasteiger partial charge in [-0.15, -0.1) is 11.8 Å². The number of aromatic nitrogens is 2. The first-order valence-electron chi connectivity index (χ1n) is 9.59. The van der Waals surface area contributed by atoms with Crippen LogP contribution in [0.3, 0.4) is 0 Å². The van der Waals surface area contributed by atoms with Crippen LogP contribution in [-0.4, -0.2) is 32.5 Å². The minimum Gasteiger partial charge on any atom is -0.329 e. The van der Waals surface area contributed by atoms with Crippen LogP contribution in [0, 0.1) is 6.92 Å². The molecule has 0 saturated carbocycles. The number of nitrogens with zero attached hydrogens (tertiary/aromatic N) is 2. The molecule has 0 unspecified atom stereocenters. The van der Waals surface area contributed by atoms with Gasteiger partial charge in [-0.25, -0.2) is 4.98 Å². The molecule has 0 saturated heterocycles. The Balaban J connectivity index is 1.36. The highest BCUT2D eigenvalue weighted by molar-refractivity contribution is 8.01. The van der Waals surface area contributed by atoms with Crippen molar-refractivity contribution in [2.75, 3.05) is 5.32 Å². The van der Waals surface area contributed by atoms with Gasteiger partial charge >= 0.3 is 0 Å². The van der Waals surface area contributed by atoms with E-state index in [9.17, 15) is 14.4 Å². The molecule has 1 aliphatic rings. The predicted octanol–water partition coefficient (Wildman–Crippen LogP) is 2.63. The monoisotopic (exact) mass is 423 g/mol. The number of hydrogen-bond donors (Lipinski definition) is 3. The number of anilines is 1. The van der Waals surface area contributed by atoms with Crippen molar-refractivity contribution in [3.05, 3.63) is 53.9 Å². The van der Waals surface area contributed by atoms with E-state index in [1.165, 1.54) is 11.8 Å². The van der Waals surface area contributed by atoms with Gasteiger partial charge in [0.2, 0.25) is 11.8 Å². The van der Waals surface area contributed by atoms with Crippen LogP contribution >= 0.6 is 11.8 Å². The molecule has 8 nitrogen and oxygen atoms in total. The molecule has 30 heavy (non-hydrogen) atoms. The van der Waals surface area contributed by atoms with E-state index < -0.39 is 17.1 Å². The third-order valence-electron chi connectivity index (χ3n) is 4.91. The number of thioether (sulfide) groups is 1. The molecule has 154 valence electrons. The molecule has 0 spiro atoms. The van der Waals surface area contributed by atoms with Gasteiger partial charge in [0.15, 0.2) is 0 Å². The van der Waals surface area contributed by atoms with Gasteiger partial charge in [-0.3, -0.25) is 25.2 Å². The highest BCUT2D eigenvalue weighted by Gasteiger charge is 2.28. The molecule has 0 aliphatic carbocycles. The number of nitrogens with one attached hydrogen (secondary N) is 3. The second-order valence-electron chi connectivity index (χ2n) is 6.91. The SMILES string of the molecule is CCn1c(C)nc2cc(C(=O)NNC(=O)C[C@H]3Sc4ccccc4NC3=O)ccc21. The molecule has 0 bridgehead atoms. The van der Waals surface area contributed by atoms with E-state index in [0.29, 0.717) is 5.56 Å². The van der Waals surface area contributed by atoms with Gasteiger partial charge in [0, 0.05) is 23.4 Å². The van der Waals surface area contributed by atoms with E-state index in [-0.39, 0.29) is 12.3 Å². The number of amides is 3. The van der Waals surface area contributed by atoms with Crippen LogP contribution in [0.25, 0.3) is 11.0 Å². The Bertz CT molecular complexity index is 1160. The van der Waals surface area contributed by atoms with Crippen LogP contribution in [0.5, 0.6) is 0 Å². The average Bonchev–Trinajstić information content (AvgIpc) is 3.06. The van der Waals surface area contributed by atoms with E-state index in [1.807, 2.05) is 44.2 Å². The molecule has 3 amide bonds. The van der Waals surface area contributed by atoms with Crippen LogP contribution in [0.15, 0.2) is 47.4 Å². The Kier molecular flexibility index (Phi) is 5.45. The molecule has 1 aromatic heterocycles. The molecule has 0 radical (unpaired) electrons. The topological polar surface area (TPSA) is 105 Å². The summed E-state index contributed by atoms with van der Waals surface area (Å²) in [5, 5.41) is 2.24. The highest BCUT2D eigenvalue weighted by Crippen LogP contribution is 2.36. The maximum absolute atomic E-state index is 12.4. The number of rotatable bonds is 4. The summed E-state index contributed by atoms with van der Waals surface area (Å²) >= 11 is 1.34. The van der Waals surface area contributed by atoms with Gasteiger partial charge in [-0.2, -0.15) is 0 Å². The molecule has 4 rings (SSSR count). The van der Waals surface area contributed by atoms with Gasteiger partial charge < -0.3 is 9.88 Å². The standard InChI is InChI=1S/C21H21N5O3S/c1-3-26-12(2)22-15-10-13(8-9-16(15)26)20(28)25-24-19(27)11-18-21(29)23-14-6-4-5-7-17(14)30-18/h4-10,18H,3,11H2,1-2H3,(H,23,29)(H,24,27)(H,25,28)/t18-/m1/s1. The minimum absolute atomic E-state index is 0.0513. The predicted molar refractivity (Wildman–Crippen MR) is 115 cm³/mol. The number of imidazole rings is 1. The van der Waals surface area contributed by atoms with Gasteiger partial charge in [0.05, 0.1) is 22.0 Å². The van der Waals surface area contributed by atoms with Crippen LogP contribution in [-0.2, 0) is 16.1 Å². The molecular formula is C21H21N5O3S. The van der Waals surface area contributed by atoms with E-state index in [1.54, 1.807) is 12.1 Å². The van der Waals surface area contributed by atoms with Crippen molar-refractivity contribution in [3.8, 4) is 0 Å². The molecule has 3 aromatic rings. The lowest BCUT2D eigenvalue weighted by atomic mass is 10.2. The zero-order valence-electron chi connectivity index (χ0n) is 16.6. The number of fused-ring (bicyclic) bond motifs is 2. The molecule has 2 aromatic carbocycles. The van der Waals surface area contributed by atoms with Gasteiger partial charge in [0.25, 0.3) is 5.91 Å². The van der Waals surface area contributed by atoms with Crippen molar-refractivity contribution in [2.45, 2.75) is 37.0 Å². The number of aryl methyl sites for hydroxylation is 2. The number of hydrazine groups is 1. The lowest BCUT2D eigenvalue weighted by Gasteiger charge is -2.23. The Morgan fingerprint density at radius 1 is 1.20 bits per heavy atom. The molecular weight excluding hydrogens is 402 g/mol. The van der Waals surface area contributed by atoms with Crippen LogP contribution in [0.1, 0.15) is 29.5 Å². The number of carbonyl (C=O) groups excluding carboxylic acids is 3. The summed E-state index contributed by atoms with van der Waals surface area (Å²) in [6.45, 7) is 4.75. The summed E-state index contributed by atoms with van der Waals surface area (Å²) in [5.41, 5.74) is 7.61. The summed E-state index contributed by atoms with van der Waals surface area (Å²) in [6, 6.07) is 12.7. The third-order valence-corrected chi connectivity index (χ3v) is 6.19. The number of para-hydroxylation sites is 1. The molecule has 1 atom stereocenters.